The Kier molecular flexibility index (Phi) is 3.76. The van der Waals surface area contributed by atoms with Gasteiger partial charge in [-0.25, -0.2) is 4.98 Å². The first kappa shape index (κ1) is 15.6. The Hall–Kier alpha value is -2.64. The van der Waals surface area contributed by atoms with Gasteiger partial charge in [0.25, 0.3) is 0 Å². The quantitative estimate of drug-likeness (QED) is 0.551. The number of rotatable bonds is 5. The molecule has 3 heterocycles. The maximum absolute atomic E-state index is 12.4. The highest BCUT2D eigenvalue weighted by atomic mass is 32.2. The lowest BCUT2D eigenvalue weighted by molar-refractivity contribution is 0.591. The lowest BCUT2D eigenvalue weighted by atomic mass is 10.2. The summed E-state index contributed by atoms with van der Waals surface area (Å²) in [5.74, 6) is 2.14. The largest absolute Gasteiger partial charge is 0.611 e. The molecule has 0 amide bonds. The number of benzene rings is 1. The highest BCUT2D eigenvalue weighted by molar-refractivity contribution is 7.91. The van der Waals surface area contributed by atoms with E-state index >= 15 is 0 Å². The van der Waals surface area contributed by atoms with Gasteiger partial charge in [-0.3, -0.25) is 0 Å². The molecular weight excluding hydrogens is 346 g/mol. The van der Waals surface area contributed by atoms with Crippen LogP contribution >= 0.6 is 0 Å². The van der Waals surface area contributed by atoms with Crippen molar-refractivity contribution < 1.29 is 4.55 Å². The van der Waals surface area contributed by atoms with E-state index in [0.717, 1.165) is 38.8 Å². The predicted octanol–water partition coefficient (Wildman–Crippen LogP) is 3.33. The van der Waals surface area contributed by atoms with Gasteiger partial charge in [0, 0.05) is 34.8 Å². The van der Waals surface area contributed by atoms with Crippen LogP contribution < -0.4 is 0 Å². The Bertz CT molecular complexity index is 1040. The van der Waals surface area contributed by atoms with E-state index in [9.17, 15) is 4.55 Å². The topological polar surface area (TPSA) is 82.4 Å². The number of fused-ring (bicyclic) bond motifs is 1. The highest BCUT2D eigenvalue weighted by Crippen LogP contribution is 2.32. The summed E-state index contributed by atoms with van der Waals surface area (Å²) < 4.78 is 14.5. The van der Waals surface area contributed by atoms with Gasteiger partial charge in [0.05, 0.1) is 6.20 Å². The molecule has 130 valence electrons. The van der Waals surface area contributed by atoms with Crippen molar-refractivity contribution in [1.29, 1.82) is 0 Å². The molecule has 1 N–H and O–H groups in total. The molecule has 0 radical (unpaired) electrons. The minimum atomic E-state index is -0.951. The zero-order chi connectivity index (χ0) is 17.5. The Balaban J connectivity index is 1.45. The van der Waals surface area contributed by atoms with Gasteiger partial charge in [-0.2, -0.15) is 0 Å². The van der Waals surface area contributed by atoms with Crippen molar-refractivity contribution in [2.45, 2.75) is 17.7 Å². The number of hydrogen-bond acceptors (Lipinski definition) is 4. The van der Waals surface area contributed by atoms with Crippen LogP contribution in [0.3, 0.4) is 0 Å². The summed E-state index contributed by atoms with van der Waals surface area (Å²) in [5, 5.41) is 8.84. The van der Waals surface area contributed by atoms with E-state index in [1.165, 1.54) is 12.8 Å². The Morgan fingerprint density at radius 2 is 2.04 bits per heavy atom. The molecule has 1 atom stereocenters. The lowest BCUT2D eigenvalue weighted by Gasteiger charge is -2.10. The third-order valence-electron chi connectivity index (χ3n) is 4.68. The minimum Gasteiger partial charge on any atom is -0.611 e. The van der Waals surface area contributed by atoms with Crippen LogP contribution in [-0.4, -0.2) is 35.0 Å². The number of hydrogen-bond donors (Lipinski definition) is 1. The SMILES string of the molecule is [O-][S+](CC1CC1)c1cnc2c(ccn2-c2ccc(-c3nnc[nH]3)cc2)c1. The first-order valence-electron chi connectivity index (χ1n) is 8.60. The van der Waals surface area contributed by atoms with Crippen LogP contribution in [0.25, 0.3) is 28.1 Å². The van der Waals surface area contributed by atoms with Crippen molar-refractivity contribution in [2.24, 2.45) is 5.92 Å². The molecule has 0 bridgehead atoms. The Labute approximate surface area is 153 Å². The molecule has 7 heteroatoms. The van der Waals surface area contributed by atoms with Gasteiger partial charge in [-0.15, -0.1) is 10.2 Å². The van der Waals surface area contributed by atoms with Crippen LogP contribution in [0.15, 0.2) is 60.0 Å². The predicted molar refractivity (Wildman–Crippen MR) is 100 cm³/mol. The smallest absolute Gasteiger partial charge is 0.171 e. The molecule has 6 nitrogen and oxygen atoms in total. The fourth-order valence-electron chi connectivity index (χ4n) is 3.06. The van der Waals surface area contributed by atoms with Gasteiger partial charge >= 0.3 is 0 Å². The molecule has 1 unspecified atom stereocenters. The summed E-state index contributed by atoms with van der Waals surface area (Å²) in [6.07, 6.45) is 7.73. The van der Waals surface area contributed by atoms with Crippen molar-refractivity contribution in [2.75, 3.05) is 5.75 Å². The number of nitrogens with one attached hydrogen (secondary N) is 1. The summed E-state index contributed by atoms with van der Waals surface area (Å²) >= 11 is -0.951. The average Bonchev–Trinajstić information content (AvgIpc) is 3.17. The molecule has 1 aliphatic rings. The molecule has 0 spiro atoms. The fourth-order valence-corrected chi connectivity index (χ4v) is 4.44. The molecule has 26 heavy (non-hydrogen) atoms. The summed E-state index contributed by atoms with van der Waals surface area (Å²) in [7, 11) is 0. The standard InChI is InChI=1S/C19H17N5OS/c25-26(11-13-1-2-13)17-9-15-7-8-24(19(15)20-10-17)16-5-3-14(4-6-16)18-21-12-22-23-18/h3-10,12-13H,1-2,11H2,(H,21,22,23). The maximum atomic E-state index is 12.4. The van der Waals surface area contributed by atoms with E-state index in [2.05, 4.69) is 20.2 Å². The van der Waals surface area contributed by atoms with Crippen LogP contribution in [0.5, 0.6) is 0 Å². The minimum absolute atomic E-state index is 0.638. The summed E-state index contributed by atoms with van der Waals surface area (Å²) in [6, 6.07) is 12.1. The van der Waals surface area contributed by atoms with Gasteiger partial charge in [0.2, 0.25) is 0 Å². The van der Waals surface area contributed by atoms with E-state index in [1.807, 2.05) is 47.2 Å². The molecular formula is C19H17N5OS. The van der Waals surface area contributed by atoms with Crippen LogP contribution in [0.1, 0.15) is 12.8 Å². The molecule has 0 saturated heterocycles. The van der Waals surface area contributed by atoms with E-state index in [-0.39, 0.29) is 0 Å². The van der Waals surface area contributed by atoms with E-state index < -0.39 is 11.2 Å². The summed E-state index contributed by atoms with van der Waals surface area (Å²) in [5.41, 5.74) is 2.86. The van der Waals surface area contributed by atoms with Gasteiger partial charge in [-0.05, 0) is 54.3 Å². The fraction of sp³-hybridized carbons (Fsp3) is 0.211. The molecule has 1 aliphatic carbocycles. The molecule has 5 rings (SSSR count). The normalized spacial score (nSPS) is 15.4. The number of H-pyrrole nitrogens is 1. The van der Waals surface area contributed by atoms with Crippen molar-refractivity contribution in [1.82, 2.24) is 24.7 Å². The molecule has 4 aromatic rings. The van der Waals surface area contributed by atoms with Gasteiger partial charge in [0.1, 0.15) is 17.7 Å². The molecule has 0 aliphatic heterocycles. The van der Waals surface area contributed by atoms with Crippen LogP contribution in [0.4, 0.5) is 0 Å². The van der Waals surface area contributed by atoms with E-state index in [4.69, 9.17) is 0 Å². The second kappa shape index (κ2) is 6.26. The zero-order valence-corrected chi connectivity index (χ0v) is 14.8. The third-order valence-corrected chi connectivity index (χ3v) is 6.21. The first-order chi connectivity index (χ1) is 12.8. The third kappa shape index (κ3) is 2.89. The Morgan fingerprint density at radius 3 is 2.77 bits per heavy atom. The van der Waals surface area contributed by atoms with Crippen molar-refractivity contribution >= 4 is 22.2 Å². The van der Waals surface area contributed by atoms with Gasteiger partial charge in [0.15, 0.2) is 10.7 Å². The van der Waals surface area contributed by atoms with Crippen LogP contribution in [0, 0.1) is 5.92 Å². The van der Waals surface area contributed by atoms with Gasteiger partial charge < -0.3 is 14.1 Å². The molecule has 1 fully saturated rings. The average molecular weight is 363 g/mol. The van der Waals surface area contributed by atoms with E-state index in [0.29, 0.717) is 5.92 Å². The second-order valence-electron chi connectivity index (χ2n) is 6.61. The van der Waals surface area contributed by atoms with Crippen molar-refractivity contribution in [3.8, 4) is 17.1 Å². The second-order valence-corrected chi connectivity index (χ2v) is 8.11. The van der Waals surface area contributed by atoms with E-state index in [1.54, 1.807) is 12.5 Å². The monoisotopic (exact) mass is 363 g/mol. The molecule has 3 aromatic heterocycles. The molecule has 1 saturated carbocycles. The van der Waals surface area contributed by atoms with Crippen molar-refractivity contribution in [3.63, 3.8) is 0 Å². The summed E-state index contributed by atoms with van der Waals surface area (Å²) in [6.45, 7) is 0. The first-order valence-corrected chi connectivity index (χ1v) is 9.92. The van der Waals surface area contributed by atoms with Crippen LogP contribution in [0.2, 0.25) is 0 Å². The van der Waals surface area contributed by atoms with Gasteiger partial charge in [-0.1, -0.05) is 0 Å². The zero-order valence-electron chi connectivity index (χ0n) is 14.0. The number of aromatic nitrogens is 5. The van der Waals surface area contributed by atoms with Crippen molar-refractivity contribution in [3.05, 3.63) is 55.1 Å². The van der Waals surface area contributed by atoms with Crippen LogP contribution in [-0.2, 0) is 11.2 Å². The lowest BCUT2D eigenvalue weighted by Crippen LogP contribution is -2.08. The Morgan fingerprint density at radius 1 is 1.19 bits per heavy atom. The maximum Gasteiger partial charge on any atom is 0.171 e. The number of aromatic amines is 1. The molecule has 1 aromatic carbocycles. The number of nitrogens with zero attached hydrogens (tertiary/aromatic N) is 4. The summed E-state index contributed by atoms with van der Waals surface area (Å²) in [4.78, 5) is 8.40. The number of pyridine rings is 1. The highest BCUT2D eigenvalue weighted by Gasteiger charge is 2.28.